The van der Waals surface area contributed by atoms with Crippen LogP contribution < -0.4 is 5.32 Å². The summed E-state index contributed by atoms with van der Waals surface area (Å²) in [7, 11) is 4.15. The monoisotopic (exact) mass is 282 g/mol. The summed E-state index contributed by atoms with van der Waals surface area (Å²) >= 11 is 0. The minimum absolute atomic E-state index is 0.568. The predicted molar refractivity (Wildman–Crippen MR) is 82.8 cm³/mol. The topological polar surface area (TPSA) is 37.6 Å². The molecule has 0 aliphatic rings. The Bertz CT molecular complexity index is 373. The molecule has 116 valence electrons. The van der Waals surface area contributed by atoms with Crippen LogP contribution in [0.25, 0.3) is 0 Å². The molecule has 0 amide bonds. The summed E-state index contributed by atoms with van der Waals surface area (Å²) in [5, 5.41) is 3.40. The molecule has 0 spiro atoms. The highest BCUT2D eigenvalue weighted by molar-refractivity contribution is 5.19. The van der Waals surface area contributed by atoms with Crippen molar-refractivity contribution in [1.82, 2.24) is 10.2 Å². The molecule has 0 bridgehead atoms. The first-order valence-corrected chi connectivity index (χ1v) is 7.50. The molecule has 4 nitrogen and oxygen atoms in total. The molecule has 20 heavy (non-hydrogen) atoms. The van der Waals surface area contributed by atoms with E-state index in [1.54, 1.807) is 0 Å². The second-order valence-electron chi connectivity index (χ2n) is 6.05. The number of rotatable bonds is 10. The van der Waals surface area contributed by atoms with Crippen LogP contribution in [0.4, 0.5) is 0 Å². The summed E-state index contributed by atoms with van der Waals surface area (Å²) < 4.78 is 11.5. The Morgan fingerprint density at radius 3 is 2.75 bits per heavy atom. The highest BCUT2D eigenvalue weighted by Crippen LogP contribution is 2.15. The van der Waals surface area contributed by atoms with Crippen LogP contribution in [0, 0.1) is 12.8 Å². The Kier molecular flexibility index (Phi) is 7.88. The summed E-state index contributed by atoms with van der Waals surface area (Å²) in [6.45, 7) is 10.7. The van der Waals surface area contributed by atoms with E-state index < -0.39 is 0 Å². The zero-order valence-electron chi connectivity index (χ0n) is 13.7. The first-order valence-electron chi connectivity index (χ1n) is 7.50. The molecular formula is C16H30N2O2. The van der Waals surface area contributed by atoms with Gasteiger partial charge in [-0.25, -0.2) is 0 Å². The molecule has 0 fully saturated rings. The third-order valence-corrected chi connectivity index (χ3v) is 3.05. The van der Waals surface area contributed by atoms with E-state index in [4.69, 9.17) is 9.15 Å². The van der Waals surface area contributed by atoms with Crippen molar-refractivity contribution in [3.63, 3.8) is 0 Å². The lowest BCUT2D eigenvalue weighted by Gasteiger charge is -2.08. The minimum atomic E-state index is 0.568. The van der Waals surface area contributed by atoms with E-state index in [1.165, 1.54) is 5.56 Å². The lowest BCUT2D eigenvalue weighted by molar-refractivity contribution is 0.0984. The highest BCUT2D eigenvalue weighted by atomic mass is 16.5. The predicted octanol–water partition coefficient (Wildman–Crippen LogP) is 2.80. The van der Waals surface area contributed by atoms with E-state index in [1.807, 2.05) is 0 Å². The lowest BCUT2D eigenvalue weighted by atomic mass is 10.2. The number of nitrogens with one attached hydrogen (secondary N) is 1. The van der Waals surface area contributed by atoms with Crippen LogP contribution in [0.3, 0.4) is 0 Å². The quantitative estimate of drug-likeness (QED) is 0.670. The van der Waals surface area contributed by atoms with E-state index in [2.05, 4.69) is 51.1 Å². The van der Waals surface area contributed by atoms with Gasteiger partial charge in [0.25, 0.3) is 0 Å². The van der Waals surface area contributed by atoms with Gasteiger partial charge in [0, 0.05) is 6.61 Å². The fourth-order valence-electron chi connectivity index (χ4n) is 1.97. The average Bonchev–Trinajstić information content (AvgIpc) is 2.69. The standard InChI is InChI=1S/C16H30N2O2/c1-13(2)10-17-11-16-14(3)9-15(20-16)12-19-8-6-7-18(4)5/h9,13,17H,6-8,10-12H2,1-5H3. The van der Waals surface area contributed by atoms with Gasteiger partial charge in [0.15, 0.2) is 0 Å². The van der Waals surface area contributed by atoms with Crippen LogP contribution in [-0.4, -0.2) is 38.7 Å². The molecule has 4 heteroatoms. The van der Waals surface area contributed by atoms with Crippen LogP contribution in [0.15, 0.2) is 10.5 Å². The zero-order chi connectivity index (χ0) is 15.0. The molecule has 0 saturated heterocycles. The number of ether oxygens (including phenoxy) is 1. The summed E-state index contributed by atoms with van der Waals surface area (Å²) in [6.07, 6.45) is 1.05. The summed E-state index contributed by atoms with van der Waals surface area (Å²) in [5.74, 6) is 2.61. The first-order chi connectivity index (χ1) is 9.49. The second-order valence-corrected chi connectivity index (χ2v) is 6.05. The number of hydrogen-bond acceptors (Lipinski definition) is 4. The van der Waals surface area contributed by atoms with Gasteiger partial charge in [-0.1, -0.05) is 13.8 Å². The van der Waals surface area contributed by atoms with E-state index >= 15 is 0 Å². The van der Waals surface area contributed by atoms with Gasteiger partial charge >= 0.3 is 0 Å². The summed E-state index contributed by atoms with van der Waals surface area (Å²) in [6, 6.07) is 2.08. The van der Waals surface area contributed by atoms with E-state index in [-0.39, 0.29) is 0 Å². The van der Waals surface area contributed by atoms with E-state index in [9.17, 15) is 0 Å². The normalized spacial score (nSPS) is 11.8. The van der Waals surface area contributed by atoms with Crippen LogP contribution in [0.5, 0.6) is 0 Å². The molecule has 0 aromatic carbocycles. The molecular weight excluding hydrogens is 252 g/mol. The number of hydrogen-bond donors (Lipinski definition) is 1. The van der Waals surface area contributed by atoms with Crippen molar-refractivity contribution in [1.29, 1.82) is 0 Å². The number of aryl methyl sites for hydroxylation is 1. The van der Waals surface area contributed by atoms with Gasteiger partial charge in [-0.2, -0.15) is 0 Å². The second kappa shape index (κ2) is 9.16. The van der Waals surface area contributed by atoms with Gasteiger partial charge in [0.05, 0.1) is 6.54 Å². The van der Waals surface area contributed by atoms with E-state index in [0.29, 0.717) is 12.5 Å². The molecule has 1 rings (SSSR count). The summed E-state index contributed by atoms with van der Waals surface area (Å²) in [5.41, 5.74) is 1.20. The third kappa shape index (κ3) is 7.08. The fourth-order valence-corrected chi connectivity index (χ4v) is 1.97. The number of furan rings is 1. The lowest BCUT2D eigenvalue weighted by Crippen LogP contribution is -2.18. The molecule has 1 aromatic rings. The van der Waals surface area contributed by atoms with Gasteiger partial charge in [-0.05, 0) is 58.1 Å². The van der Waals surface area contributed by atoms with Gasteiger partial charge in [0.2, 0.25) is 0 Å². The van der Waals surface area contributed by atoms with Crippen molar-refractivity contribution < 1.29 is 9.15 Å². The fraction of sp³-hybridized carbons (Fsp3) is 0.750. The largest absolute Gasteiger partial charge is 0.462 e. The van der Waals surface area contributed by atoms with Gasteiger partial charge < -0.3 is 19.4 Å². The zero-order valence-corrected chi connectivity index (χ0v) is 13.7. The van der Waals surface area contributed by atoms with Crippen molar-refractivity contribution in [2.45, 2.75) is 40.3 Å². The Hall–Kier alpha value is -0.840. The third-order valence-electron chi connectivity index (χ3n) is 3.05. The van der Waals surface area contributed by atoms with Crippen LogP contribution in [-0.2, 0) is 17.9 Å². The maximum atomic E-state index is 5.83. The highest BCUT2D eigenvalue weighted by Gasteiger charge is 2.07. The van der Waals surface area contributed by atoms with Crippen LogP contribution in [0.1, 0.15) is 37.4 Å². The van der Waals surface area contributed by atoms with Crippen molar-refractivity contribution in [2.24, 2.45) is 5.92 Å². The molecule has 0 atom stereocenters. The van der Waals surface area contributed by atoms with Crippen molar-refractivity contribution in [2.75, 3.05) is 33.8 Å². The molecule has 0 saturated carbocycles. The van der Waals surface area contributed by atoms with Crippen molar-refractivity contribution in [3.05, 3.63) is 23.2 Å². The molecule has 1 aromatic heterocycles. The molecule has 0 unspecified atom stereocenters. The SMILES string of the molecule is Cc1cc(COCCCN(C)C)oc1CNCC(C)C. The Balaban J connectivity index is 2.26. The molecule has 0 aliphatic heterocycles. The Labute approximate surface area is 123 Å². The number of nitrogens with zero attached hydrogens (tertiary/aromatic N) is 1. The molecule has 0 aliphatic carbocycles. The maximum absolute atomic E-state index is 5.83. The first kappa shape index (κ1) is 17.2. The minimum Gasteiger partial charge on any atom is -0.462 e. The van der Waals surface area contributed by atoms with Crippen LogP contribution in [0.2, 0.25) is 0 Å². The molecule has 1 heterocycles. The molecule has 1 N–H and O–H groups in total. The average molecular weight is 282 g/mol. The van der Waals surface area contributed by atoms with Crippen molar-refractivity contribution in [3.8, 4) is 0 Å². The van der Waals surface area contributed by atoms with Crippen LogP contribution >= 0.6 is 0 Å². The maximum Gasteiger partial charge on any atom is 0.130 e. The van der Waals surface area contributed by atoms with E-state index in [0.717, 1.165) is 44.2 Å². The Morgan fingerprint density at radius 2 is 2.10 bits per heavy atom. The van der Waals surface area contributed by atoms with Gasteiger partial charge in [0.1, 0.15) is 18.1 Å². The van der Waals surface area contributed by atoms with Gasteiger partial charge in [-0.3, -0.25) is 0 Å². The van der Waals surface area contributed by atoms with Crippen molar-refractivity contribution >= 4 is 0 Å². The summed E-state index contributed by atoms with van der Waals surface area (Å²) in [4.78, 5) is 2.17. The Morgan fingerprint density at radius 1 is 1.35 bits per heavy atom. The smallest absolute Gasteiger partial charge is 0.130 e. The molecule has 0 radical (unpaired) electrons. The van der Waals surface area contributed by atoms with Gasteiger partial charge in [-0.15, -0.1) is 0 Å².